The Bertz CT molecular complexity index is 324. The van der Waals surface area contributed by atoms with Gasteiger partial charge in [0.2, 0.25) is 0 Å². The minimum Gasteiger partial charge on any atom is -0.365 e. The van der Waals surface area contributed by atoms with Crippen LogP contribution < -0.4 is 5.73 Å². The normalized spacial score (nSPS) is 30.2. The molecular weight excluding hydrogens is 254 g/mol. The summed E-state index contributed by atoms with van der Waals surface area (Å²) >= 11 is 0. The predicted octanol–water partition coefficient (Wildman–Crippen LogP) is 0.683. The third-order valence-electron chi connectivity index (χ3n) is 4.38. The molecule has 2 fully saturated rings. The highest BCUT2D eigenvalue weighted by Crippen LogP contribution is 2.21. The van der Waals surface area contributed by atoms with Crippen LogP contribution in [0.2, 0.25) is 0 Å². The summed E-state index contributed by atoms with van der Waals surface area (Å²) in [6, 6.07) is 0. The summed E-state index contributed by atoms with van der Waals surface area (Å²) in [6.07, 6.45) is 2.97. The molecule has 0 bridgehead atoms. The van der Waals surface area contributed by atoms with Crippen LogP contribution in [0.5, 0.6) is 0 Å². The van der Waals surface area contributed by atoms with Crippen LogP contribution in [-0.4, -0.2) is 67.2 Å². The Labute approximate surface area is 122 Å². The van der Waals surface area contributed by atoms with Crippen LogP contribution >= 0.6 is 0 Å². The fourth-order valence-corrected chi connectivity index (χ4v) is 3.08. The van der Waals surface area contributed by atoms with Gasteiger partial charge in [0.15, 0.2) is 0 Å². The van der Waals surface area contributed by atoms with Crippen molar-refractivity contribution < 1.29 is 9.53 Å². The number of nitrogens with zero attached hydrogens (tertiary/aromatic N) is 2. The lowest BCUT2D eigenvalue weighted by Crippen LogP contribution is -2.42. The zero-order valence-corrected chi connectivity index (χ0v) is 12.9. The van der Waals surface area contributed by atoms with E-state index in [1.807, 2.05) is 11.8 Å². The van der Waals surface area contributed by atoms with Crippen molar-refractivity contribution in [3.05, 3.63) is 0 Å². The van der Waals surface area contributed by atoms with Gasteiger partial charge in [0.25, 0.3) is 5.91 Å². The molecule has 2 rings (SSSR count). The molecule has 2 aliphatic rings. The van der Waals surface area contributed by atoms with Crippen molar-refractivity contribution in [2.45, 2.75) is 45.3 Å². The third-order valence-corrected chi connectivity index (χ3v) is 4.38. The van der Waals surface area contributed by atoms with E-state index in [9.17, 15) is 4.79 Å². The Morgan fingerprint density at radius 1 is 1.30 bits per heavy atom. The molecule has 0 saturated carbocycles. The summed E-state index contributed by atoms with van der Waals surface area (Å²) in [5.74, 6) is 0.722. The topological polar surface area (TPSA) is 58.8 Å². The molecule has 20 heavy (non-hydrogen) atoms. The molecule has 0 aromatic heterocycles. The van der Waals surface area contributed by atoms with Crippen molar-refractivity contribution in [3.8, 4) is 0 Å². The lowest BCUT2D eigenvalue weighted by Gasteiger charge is -2.25. The Kier molecular flexibility index (Phi) is 5.81. The van der Waals surface area contributed by atoms with Gasteiger partial charge in [-0.3, -0.25) is 4.79 Å². The standard InChI is InChI=1S/C15H29N3O2/c1-12(10-16)11-17-6-3-7-18(9-8-17)15(19)14-5-4-13(2)20-14/h12-14H,3-11,16H2,1-2H3. The van der Waals surface area contributed by atoms with Crippen LogP contribution in [0.3, 0.4) is 0 Å². The van der Waals surface area contributed by atoms with E-state index in [2.05, 4.69) is 11.8 Å². The summed E-state index contributed by atoms with van der Waals surface area (Å²) in [4.78, 5) is 16.9. The highest BCUT2D eigenvalue weighted by atomic mass is 16.5. The second kappa shape index (κ2) is 7.38. The molecule has 2 aliphatic heterocycles. The minimum absolute atomic E-state index is 0.195. The molecule has 2 heterocycles. The quantitative estimate of drug-likeness (QED) is 0.824. The molecule has 2 N–H and O–H groups in total. The van der Waals surface area contributed by atoms with Crippen LogP contribution in [0.15, 0.2) is 0 Å². The van der Waals surface area contributed by atoms with Crippen molar-refractivity contribution in [1.82, 2.24) is 9.80 Å². The second-order valence-corrected chi connectivity index (χ2v) is 6.33. The second-order valence-electron chi connectivity index (χ2n) is 6.33. The highest BCUT2D eigenvalue weighted by molar-refractivity contribution is 5.81. The summed E-state index contributed by atoms with van der Waals surface area (Å²) in [5, 5.41) is 0. The van der Waals surface area contributed by atoms with Gasteiger partial charge < -0.3 is 20.3 Å². The van der Waals surface area contributed by atoms with Gasteiger partial charge in [0, 0.05) is 26.2 Å². The van der Waals surface area contributed by atoms with E-state index in [1.165, 1.54) is 0 Å². The zero-order chi connectivity index (χ0) is 14.5. The first-order chi connectivity index (χ1) is 9.60. The van der Waals surface area contributed by atoms with Crippen LogP contribution in [-0.2, 0) is 9.53 Å². The Balaban J connectivity index is 1.81. The zero-order valence-electron chi connectivity index (χ0n) is 12.9. The molecule has 2 saturated heterocycles. The maximum Gasteiger partial charge on any atom is 0.251 e. The lowest BCUT2D eigenvalue weighted by molar-refractivity contribution is -0.142. The monoisotopic (exact) mass is 283 g/mol. The molecule has 5 nitrogen and oxygen atoms in total. The van der Waals surface area contributed by atoms with Gasteiger partial charge >= 0.3 is 0 Å². The fourth-order valence-electron chi connectivity index (χ4n) is 3.08. The fraction of sp³-hybridized carbons (Fsp3) is 0.933. The molecular formula is C15H29N3O2. The van der Waals surface area contributed by atoms with Gasteiger partial charge in [-0.15, -0.1) is 0 Å². The average Bonchev–Trinajstić information content (AvgIpc) is 2.74. The maximum absolute atomic E-state index is 12.4. The van der Waals surface area contributed by atoms with Crippen LogP contribution in [0.25, 0.3) is 0 Å². The first-order valence-electron chi connectivity index (χ1n) is 7.96. The number of nitrogens with two attached hydrogens (primary N) is 1. The number of hydrogen-bond donors (Lipinski definition) is 1. The summed E-state index contributed by atoms with van der Waals surface area (Å²) < 4.78 is 5.70. The molecule has 5 heteroatoms. The van der Waals surface area contributed by atoms with Crippen molar-refractivity contribution in [3.63, 3.8) is 0 Å². The van der Waals surface area contributed by atoms with E-state index in [-0.39, 0.29) is 18.1 Å². The maximum atomic E-state index is 12.4. The van der Waals surface area contributed by atoms with Gasteiger partial charge in [-0.1, -0.05) is 6.92 Å². The van der Waals surface area contributed by atoms with E-state index < -0.39 is 0 Å². The number of rotatable bonds is 4. The van der Waals surface area contributed by atoms with E-state index in [0.717, 1.165) is 58.5 Å². The van der Waals surface area contributed by atoms with Crippen molar-refractivity contribution in [2.75, 3.05) is 39.3 Å². The molecule has 0 aromatic carbocycles. The van der Waals surface area contributed by atoms with Gasteiger partial charge in [-0.05, 0) is 45.2 Å². The number of ether oxygens (including phenoxy) is 1. The largest absolute Gasteiger partial charge is 0.365 e. The molecule has 0 aromatic rings. The number of carbonyl (C=O) groups is 1. The SMILES string of the molecule is CC(CN)CN1CCCN(C(=O)C2CCC(C)O2)CC1. The van der Waals surface area contributed by atoms with Crippen LogP contribution in [0.4, 0.5) is 0 Å². The van der Waals surface area contributed by atoms with Crippen molar-refractivity contribution in [1.29, 1.82) is 0 Å². The molecule has 0 aliphatic carbocycles. The summed E-state index contributed by atoms with van der Waals surface area (Å²) in [5.41, 5.74) is 5.69. The van der Waals surface area contributed by atoms with Gasteiger partial charge in [0.05, 0.1) is 6.10 Å². The highest BCUT2D eigenvalue weighted by Gasteiger charge is 2.32. The smallest absolute Gasteiger partial charge is 0.251 e. The molecule has 0 spiro atoms. The number of amides is 1. The van der Waals surface area contributed by atoms with Crippen LogP contribution in [0, 0.1) is 5.92 Å². The summed E-state index contributed by atoms with van der Waals surface area (Å²) in [7, 11) is 0. The molecule has 116 valence electrons. The molecule has 3 unspecified atom stereocenters. The third kappa shape index (κ3) is 4.17. The van der Waals surface area contributed by atoms with Crippen molar-refractivity contribution >= 4 is 5.91 Å². The predicted molar refractivity (Wildman–Crippen MR) is 79.4 cm³/mol. The van der Waals surface area contributed by atoms with Gasteiger partial charge in [-0.2, -0.15) is 0 Å². The van der Waals surface area contributed by atoms with E-state index in [0.29, 0.717) is 5.92 Å². The minimum atomic E-state index is -0.195. The summed E-state index contributed by atoms with van der Waals surface area (Å²) in [6.45, 7) is 9.70. The molecule has 0 radical (unpaired) electrons. The van der Waals surface area contributed by atoms with Gasteiger partial charge in [0.1, 0.15) is 6.10 Å². The average molecular weight is 283 g/mol. The first-order valence-corrected chi connectivity index (χ1v) is 7.96. The first kappa shape index (κ1) is 15.7. The Hall–Kier alpha value is -0.650. The van der Waals surface area contributed by atoms with E-state index >= 15 is 0 Å². The number of hydrogen-bond acceptors (Lipinski definition) is 4. The van der Waals surface area contributed by atoms with Gasteiger partial charge in [-0.25, -0.2) is 0 Å². The van der Waals surface area contributed by atoms with Crippen LogP contribution in [0.1, 0.15) is 33.1 Å². The molecule has 3 atom stereocenters. The van der Waals surface area contributed by atoms with Crippen molar-refractivity contribution in [2.24, 2.45) is 11.7 Å². The van der Waals surface area contributed by atoms with E-state index in [4.69, 9.17) is 10.5 Å². The molecule has 1 amide bonds. The lowest BCUT2D eigenvalue weighted by atomic mass is 10.1. The Morgan fingerprint density at radius 2 is 2.10 bits per heavy atom. The Morgan fingerprint density at radius 3 is 2.75 bits per heavy atom. The number of carbonyl (C=O) groups excluding carboxylic acids is 1. The van der Waals surface area contributed by atoms with E-state index in [1.54, 1.807) is 0 Å².